The van der Waals surface area contributed by atoms with Crippen LogP contribution in [-0.4, -0.2) is 19.7 Å². The van der Waals surface area contributed by atoms with E-state index < -0.39 is 18.3 Å². The maximum absolute atomic E-state index is 7.67. The first-order valence-electron chi connectivity index (χ1n) is 5.45. The fourth-order valence-corrected chi connectivity index (χ4v) is 0.985. The molecule has 2 aromatic heterocycles. The van der Waals surface area contributed by atoms with Gasteiger partial charge in [-0.25, -0.2) is 4.98 Å². The molecule has 0 amide bonds. The van der Waals surface area contributed by atoms with Crippen LogP contribution in [-0.2, 0) is 0 Å². The molecule has 0 N–H and O–H groups in total. The molecule has 0 unspecified atom stereocenters. The maximum atomic E-state index is 7.67. The van der Waals surface area contributed by atoms with Crippen molar-refractivity contribution >= 4 is 15.9 Å². The van der Waals surface area contributed by atoms with Crippen molar-refractivity contribution in [2.24, 2.45) is 0 Å². The summed E-state index contributed by atoms with van der Waals surface area (Å²) < 4.78 is 38.7. The topological polar surface area (TPSA) is 43.6 Å². The molecule has 12 heavy (non-hydrogen) atoms. The number of hydrogen-bond acceptors (Lipinski definition) is 3. The van der Waals surface area contributed by atoms with Crippen molar-refractivity contribution in [3.8, 4) is 5.82 Å². The summed E-state index contributed by atoms with van der Waals surface area (Å²) in [5.41, 5.74) is 0. The number of aromatic nitrogens is 4. The second kappa shape index (κ2) is 3.02. The zero-order chi connectivity index (χ0) is 12.7. The Morgan fingerprint density at radius 3 is 3.17 bits per heavy atom. The Balaban J connectivity index is 2.77. The first-order chi connectivity index (χ1) is 7.93. The Morgan fingerprint density at radius 2 is 2.42 bits per heavy atom. The van der Waals surface area contributed by atoms with Gasteiger partial charge in [-0.2, -0.15) is 0 Å². The van der Waals surface area contributed by atoms with Crippen LogP contribution in [0.15, 0.2) is 35.3 Å². The summed E-state index contributed by atoms with van der Waals surface area (Å²) in [4.78, 5) is 3.70. The van der Waals surface area contributed by atoms with E-state index >= 15 is 0 Å². The Hall–Kier alpha value is -1.23. The van der Waals surface area contributed by atoms with Crippen molar-refractivity contribution in [1.82, 2.24) is 19.7 Å². The third kappa shape index (κ3) is 1.23. The first-order valence-corrected chi connectivity index (χ1v) is 3.75. The van der Waals surface area contributed by atoms with E-state index in [1.807, 2.05) is 0 Å². The van der Waals surface area contributed by atoms with E-state index in [9.17, 15) is 0 Å². The van der Waals surface area contributed by atoms with Gasteiger partial charge in [0.05, 0.1) is 5.48 Å². The van der Waals surface area contributed by atoms with Crippen LogP contribution in [0.3, 0.4) is 0 Å². The van der Waals surface area contributed by atoms with Gasteiger partial charge < -0.3 is 0 Å². The summed E-state index contributed by atoms with van der Waals surface area (Å²) in [5.74, 6) is -0.113. The zero-order valence-electron chi connectivity index (χ0n) is 10.7. The summed E-state index contributed by atoms with van der Waals surface area (Å²) in [6, 6.07) is -1.19. The van der Waals surface area contributed by atoms with E-state index in [1.54, 1.807) is 0 Å². The fraction of sp³-hybridized carbons (Fsp3) is 0. The normalized spacial score (nSPS) is 15.9. The van der Waals surface area contributed by atoms with E-state index in [0.717, 1.165) is 4.57 Å². The molecule has 0 aliphatic heterocycles. The predicted molar refractivity (Wildman–Crippen MR) is 46.9 cm³/mol. The highest BCUT2D eigenvalue weighted by molar-refractivity contribution is 9.10. The first kappa shape index (κ1) is 3.66. The molecule has 0 bridgehead atoms. The summed E-state index contributed by atoms with van der Waals surface area (Å²) >= 11 is 3.03. The Morgan fingerprint density at radius 1 is 1.50 bits per heavy atom. The standard InChI is InChI=1S/C7H5BrN4/c8-7-11-10-5-12(7)6-3-1-2-4-9-6/h1-5H/i1D,2D,3D,4D,5D. The van der Waals surface area contributed by atoms with Gasteiger partial charge in [0.15, 0.2) is 0 Å². The average Bonchev–Trinajstić information content (AvgIpc) is 2.61. The van der Waals surface area contributed by atoms with Gasteiger partial charge in [-0.3, -0.25) is 4.57 Å². The van der Waals surface area contributed by atoms with Crippen LogP contribution in [0.5, 0.6) is 0 Å². The minimum Gasteiger partial charge on any atom is -0.260 e. The molecule has 0 atom stereocenters. The molecule has 0 spiro atoms. The lowest BCUT2D eigenvalue weighted by atomic mass is 10.5. The number of nitrogens with zero attached hydrogens (tertiary/aromatic N) is 4. The number of hydrogen-bond donors (Lipinski definition) is 0. The second-order valence-electron chi connectivity index (χ2n) is 1.83. The van der Waals surface area contributed by atoms with E-state index in [0.29, 0.717) is 0 Å². The molecule has 2 rings (SSSR count). The molecule has 0 aliphatic rings. The summed E-state index contributed by atoms with van der Waals surface area (Å²) in [7, 11) is 0. The van der Waals surface area contributed by atoms with E-state index in [4.69, 9.17) is 6.85 Å². The molecule has 60 valence electrons. The highest BCUT2D eigenvalue weighted by Crippen LogP contribution is 2.10. The SMILES string of the molecule is [2H]c1nc(-n2c([2H])nnc2Br)c([2H])c([2H])c1[2H]. The lowest BCUT2D eigenvalue weighted by Crippen LogP contribution is -1.94. The molecule has 5 heteroatoms. The fourth-order valence-electron chi connectivity index (χ4n) is 0.659. The van der Waals surface area contributed by atoms with Crippen molar-refractivity contribution in [1.29, 1.82) is 0 Å². The molecule has 2 heterocycles. The van der Waals surface area contributed by atoms with Crippen LogP contribution in [0.2, 0.25) is 0 Å². The van der Waals surface area contributed by atoms with Gasteiger partial charge in [-0.15, -0.1) is 10.2 Å². The van der Waals surface area contributed by atoms with Gasteiger partial charge >= 0.3 is 0 Å². The monoisotopic (exact) mass is 229 g/mol. The van der Waals surface area contributed by atoms with Crippen molar-refractivity contribution in [3.63, 3.8) is 0 Å². The largest absolute Gasteiger partial charge is 0.260 e. The van der Waals surface area contributed by atoms with Crippen LogP contribution in [0.1, 0.15) is 6.85 Å². The number of pyridine rings is 1. The van der Waals surface area contributed by atoms with Crippen molar-refractivity contribution in [3.05, 3.63) is 35.3 Å². The van der Waals surface area contributed by atoms with Crippen LogP contribution in [0, 0.1) is 0 Å². The summed E-state index contributed by atoms with van der Waals surface area (Å²) in [5, 5.41) is 7.02. The van der Waals surface area contributed by atoms with Crippen LogP contribution >= 0.6 is 15.9 Å². The Labute approximate surface area is 84.4 Å². The highest BCUT2D eigenvalue weighted by atomic mass is 79.9. The Kier molecular flexibility index (Phi) is 0.920. The quantitative estimate of drug-likeness (QED) is 0.744. The summed E-state index contributed by atoms with van der Waals surface area (Å²) in [6.07, 6.45) is -0.699. The van der Waals surface area contributed by atoms with Crippen molar-refractivity contribution in [2.75, 3.05) is 0 Å². The molecular weight excluding hydrogens is 220 g/mol. The summed E-state index contributed by atoms with van der Waals surface area (Å²) in [6.45, 7) is 0. The maximum Gasteiger partial charge on any atom is 0.205 e. The minimum atomic E-state index is -0.430. The molecule has 2 aromatic rings. The third-order valence-corrected chi connectivity index (χ3v) is 1.64. The molecule has 0 saturated carbocycles. The highest BCUT2D eigenvalue weighted by Gasteiger charge is 2.01. The van der Waals surface area contributed by atoms with Crippen molar-refractivity contribution in [2.45, 2.75) is 0 Å². The smallest absolute Gasteiger partial charge is 0.205 e. The molecule has 0 aliphatic carbocycles. The van der Waals surface area contributed by atoms with Gasteiger partial charge in [-0.1, -0.05) is 6.04 Å². The molecule has 0 aromatic carbocycles. The van der Waals surface area contributed by atoms with Crippen molar-refractivity contribution < 1.29 is 6.85 Å². The van der Waals surface area contributed by atoms with Crippen LogP contribution in [0.25, 0.3) is 5.82 Å². The van der Waals surface area contributed by atoms with Gasteiger partial charge in [0, 0.05) is 6.17 Å². The van der Waals surface area contributed by atoms with E-state index in [1.165, 1.54) is 0 Å². The number of halogens is 1. The molecule has 0 fully saturated rings. The Bertz CT molecular complexity index is 579. The van der Waals surface area contributed by atoms with E-state index in [2.05, 4.69) is 31.1 Å². The molecular formula is C7H5BrN4. The average molecular weight is 230 g/mol. The van der Waals surface area contributed by atoms with Gasteiger partial charge in [0.2, 0.25) is 4.73 Å². The van der Waals surface area contributed by atoms with E-state index in [-0.39, 0.29) is 22.9 Å². The molecule has 0 saturated heterocycles. The van der Waals surface area contributed by atoms with Gasteiger partial charge in [0.1, 0.15) is 13.5 Å². The molecule has 4 nitrogen and oxygen atoms in total. The lowest BCUT2D eigenvalue weighted by molar-refractivity contribution is 0.961. The van der Waals surface area contributed by atoms with Gasteiger partial charge in [0.25, 0.3) is 0 Å². The number of rotatable bonds is 1. The van der Waals surface area contributed by atoms with Crippen LogP contribution in [0.4, 0.5) is 0 Å². The van der Waals surface area contributed by atoms with Gasteiger partial charge in [-0.05, 0) is 28.0 Å². The predicted octanol–water partition coefficient (Wildman–Crippen LogP) is 1.42. The lowest BCUT2D eigenvalue weighted by Gasteiger charge is -1.98. The minimum absolute atomic E-state index is 0.113. The zero-order valence-corrected chi connectivity index (χ0v) is 7.25. The molecule has 0 radical (unpaired) electrons. The van der Waals surface area contributed by atoms with Crippen LogP contribution < -0.4 is 0 Å². The third-order valence-electron chi connectivity index (χ3n) is 1.13. The second-order valence-corrected chi connectivity index (χ2v) is 2.54.